The molecular weight excluding hydrogens is 246 g/mol. The van der Waals surface area contributed by atoms with E-state index in [1.807, 2.05) is 17.9 Å². The van der Waals surface area contributed by atoms with Gasteiger partial charge in [0.15, 0.2) is 5.82 Å². The zero-order valence-corrected chi connectivity index (χ0v) is 11.2. The molecule has 3 heterocycles. The van der Waals surface area contributed by atoms with Gasteiger partial charge in [-0.05, 0) is 19.8 Å². The fourth-order valence-electron chi connectivity index (χ4n) is 2.63. The summed E-state index contributed by atoms with van der Waals surface area (Å²) >= 11 is 0. The van der Waals surface area contributed by atoms with E-state index in [1.54, 1.807) is 0 Å². The summed E-state index contributed by atoms with van der Waals surface area (Å²) in [7, 11) is 0. The summed E-state index contributed by atoms with van der Waals surface area (Å²) in [4.78, 5) is 16.2. The van der Waals surface area contributed by atoms with Crippen LogP contribution in [-0.2, 0) is 9.53 Å². The Kier molecular flexibility index (Phi) is 3.42. The molecule has 1 unspecified atom stereocenters. The average Bonchev–Trinajstić information content (AvgIpc) is 3.09. The lowest BCUT2D eigenvalue weighted by Gasteiger charge is -2.35. The van der Waals surface area contributed by atoms with E-state index in [0.29, 0.717) is 6.61 Å². The number of carbonyl (C=O) groups excluding carboxylic acids is 1. The van der Waals surface area contributed by atoms with Crippen molar-refractivity contribution in [3.05, 3.63) is 11.8 Å². The third-order valence-corrected chi connectivity index (χ3v) is 3.74. The third-order valence-electron chi connectivity index (χ3n) is 3.74. The fraction of sp³-hybridized carbons (Fsp3) is 0.692. The number of rotatable bonds is 2. The van der Waals surface area contributed by atoms with Gasteiger partial charge in [-0.2, -0.15) is 0 Å². The molecule has 0 aliphatic carbocycles. The number of amides is 1. The number of hydrogen-bond acceptors (Lipinski definition) is 5. The second kappa shape index (κ2) is 5.21. The van der Waals surface area contributed by atoms with Crippen molar-refractivity contribution < 1.29 is 14.1 Å². The van der Waals surface area contributed by atoms with E-state index >= 15 is 0 Å². The first-order chi connectivity index (χ1) is 9.24. The zero-order chi connectivity index (χ0) is 13.2. The van der Waals surface area contributed by atoms with Gasteiger partial charge in [0.2, 0.25) is 0 Å². The highest BCUT2D eigenvalue weighted by Crippen LogP contribution is 2.19. The number of aromatic nitrogens is 1. The minimum Gasteiger partial charge on any atom is -0.368 e. The molecule has 19 heavy (non-hydrogen) atoms. The lowest BCUT2D eigenvalue weighted by molar-refractivity contribution is -0.141. The normalized spacial score (nSPS) is 23.9. The van der Waals surface area contributed by atoms with E-state index < -0.39 is 0 Å². The van der Waals surface area contributed by atoms with Gasteiger partial charge in [-0.1, -0.05) is 5.16 Å². The van der Waals surface area contributed by atoms with Crippen LogP contribution in [0.2, 0.25) is 0 Å². The number of anilines is 1. The maximum Gasteiger partial charge on any atom is 0.251 e. The Labute approximate surface area is 112 Å². The highest BCUT2D eigenvalue weighted by molar-refractivity contribution is 5.81. The van der Waals surface area contributed by atoms with Crippen LogP contribution in [-0.4, -0.2) is 54.9 Å². The smallest absolute Gasteiger partial charge is 0.251 e. The quantitative estimate of drug-likeness (QED) is 0.792. The molecule has 0 saturated carbocycles. The highest BCUT2D eigenvalue weighted by atomic mass is 16.5. The van der Waals surface area contributed by atoms with Crippen LogP contribution in [0.4, 0.5) is 5.82 Å². The van der Waals surface area contributed by atoms with Gasteiger partial charge in [0, 0.05) is 38.9 Å². The van der Waals surface area contributed by atoms with Crippen molar-refractivity contribution in [3.8, 4) is 0 Å². The Balaban J connectivity index is 1.55. The van der Waals surface area contributed by atoms with Crippen LogP contribution < -0.4 is 4.90 Å². The number of nitrogens with zero attached hydrogens (tertiary/aromatic N) is 3. The molecule has 2 aliphatic heterocycles. The molecule has 0 radical (unpaired) electrons. The summed E-state index contributed by atoms with van der Waals surface area (Å²) < 4.78 is 10.5. The summed E-state index contributed by atoms with van der Waals surface area (Å²) in [5.41, 5.74) is 0. The van der Waals surface area contributed by atoms with E-state index in [4.69, 9.17) is 9.26 Å². The van der Waals surface area contributed by atoms with Crippen LogP contribution in [0.15, 0.2) is 10.6 Å². The van der Waals surface area contributed by atoms with Crippen LogP contribution in [0.3, 0.4) is 0 Å². The molecule has 0 aromatic carbocycles. The summed E-state index contributed by atoms with van der Waals surface area (Å²) in [6.45, 7) is 5.65. The van der Waals surface area contributed by atoms with E-state index in [0.717, 1.165) is 50.6 Å². The second-order valence-electron chi connectivity index (χ2n) is 5.11. The number of hydrogen-bond donors (Lipinski definition) is 0. The van der Waals surface area contributed by atoms with E-state index in [9.17, 15) is 4.79 Å². The minimum atomic E-state index is -0.208. The summed E-state index contributed by atoms with van der Waals surface area (Å²) in [6, 6.07) is 1.93. The van der Waals surface area contributed by atoms with Gasteiger partial charge in [-0.25, -0.2) is 0 Å². The molecule has 0 N–H and O–H groups in total. The van der Waals surface area contributed by atoms with Crippen molar-refractivity contribution in [2.45, 2.75) is 25.9 Å². The van der Waals surface area contributed by atoms with Gasteiger partial charge < -0.3 is 19.1 Å². The second-order valence-corrected chi connectivity index (χ2v) is 5.11. The molecule has 3 rings (SSSR count). The van der Waals surface area contributed by atoms with E-state index in [2.05, 4.69) is 10.1 Å². The summed E-state index contributed by atoms with van der Waals surface area (Å²) in [5, 5.41) is 4.01. The molecule has 6 heteroatoms. The molecule has 1 atom stereocenters. The van der Waals surface area contributed by atoms with E-state index in [1.165, 1.54) is 0 Å². The van der Waals surface area contributed by atoms with Gasteiger partial charge >= 0.3 is 0 Å². The Morgan fingerprint density at radius 1 is 1.37 bits per heavy atom. The van der Waals surface area contributed by atoms with Crippen molar-refractivity contribution in [1.82, 2.24) is 10.1 Å². The topological polar surface area (TPSA) is 58.8 Å². The van der Waals surface area contributed by atoms with Gasteiger partial charge in [0.05, 0.1) is 0 Å². The molecule has 2 aliphatic rings. The van der Waals surface area contributed by atoms with Gasteiger partial charge in [-0.3, -0.25) is 4.79 Å². The fourth-order valence-corrected chi connectivity index (χ4v) is 2.63. The first kappa shape index (κ1) is 12.5. The largest absolute Gasteiger partial charge is 0.368 e. The van der Waals surface area contributed by atoms with Crippen molar-refractivity contribution in [2.24, 2.45) is 0 Å². The molecular formula is C13H19N3O3. The number of carbonyl (C=O) groups is 1. The van der Waals surface area contributed by atoms with Crippen molar-refractivity contribution in [2.75, 3.05) is 37.7 Å². The Morgan fingerprint density at radius 2 is 2.16 bits per heavy atom. The van der Waals surface area contributed by atoms with E-state index in [-0.39, 0.29) is 12.0 Å². The number of ether oxygens (including phenoxy) is 1. The van der Waals surface area contributed by atoms with Crippen molar-refractivity contribution in [3.63, 3.8) is 0 Å². The monoisotopic (exact) mass is 265 g/mol. The van der Waals surface area contributed by atoms with Crippen molar-refractivity contribution >= 4 is 11.7 Å². The van der Waals surface area contributed by atoms with Crippen molar-refractivity contribution in [1.29, 1.82) is 0 Å². The van der Waals surface area contributed by atoms with Gasteiger partial charge in [0.25, 0.3) is 5.91 Å². The lowest BCUT2D eigenvalue weighted by Crippen LogP contribution is -2.51. The predicted molar refractivity (Wildman–Crippen MR) is 69.0 cm³/mol. The molecule has 6 nitrogen and oxygen atoms in total. The van der Waals surface area contributed by atoms with Gasteiger partial charge in [0.1, 0.15) is 11.9 Å². The first-order valence-electron chi connectivity index (χ1n) is 6.83. The predicted octanol–water partition coefficient (Wildman–Crippen LogP) is 0.811. The minimum absolute atomic E-state index is 0.147. The molecule has 1 aromatic rings. The summed E-state index contributed by atoms with van der Waals surface area (Å²) in [6.07, 6.45) is 1.65. The lowest BCUT2D eigenvalue weighted by atomic mass is 10.2. The Bertz CT molecular complexity index is 446. The molecule has 2 saturated heterocycles. The van der Waals surface area contributed by atoms with Crippen LogP contribution in [0.25, 0.3) is 0 Å². The number of aryl methyl sites for hydroxylation is 1. The summed E-state index contributed by atoms with van der Waals surface area (Å²) in [5.74, 6) is 1.82. The van der Waals surface area contributed by atoms with Crippen LogP contribution in [0, 0.1) is 6.92 Å². The average molecular weight is 265 g/mol. The van der Waals surface area contributed by atoms with Crippen LogP contribution in [0.1, 0.15) is 18.6 Å². The molecule has 1 amide bonds. The van der Waals surface area contributed by atoms with Crippen LogP contribution >= 0.6 is 0 Å². The van der Waals surface area contributed by atoms with Crippen LogP contribution in [0.5, 0.6) is 0 Å². The first-order valence-corrected chi connectivity index (χ1v) is 6.83. The Hall–Kier alpha value is -1.56. The maximum absolute atomic E-state index is 12.2. The SMILES string of the molecule is Cc1cc(N2CCN(C(=O)C3CCCO3)CC2)no1. The third kappa shape index (κ3) is 2.58. The molecule has 0 spiro atoms. The maximum atomic E-state index is 12.2. The molecule has 104 valence electrons. The Morgan fingerprint density at radius 3 is 2.74 bits per heavy atom. The molecule has 0 bridgehead atoms. The zero-order valence-electron chi connectivity index (χ0n) is 11.2. The molecule has 1 aromatic heterocycles. The van der Waals surface area contributed by atoms with Gasteiger partial charge in [-0.15, -0.1) is 0 Å². The number of piperazine rings is 1. The highest BCUT2D eigenvalue weighted by Gasteiger charge is 2.30. The standard InChI is InChI=1S/C13H19N3O3/c1-10-9-12(14-19-10)15-4-6-16(7-5-15)13(17)11-3-2-8-18-11/h9,11H,2-8H2,1H3. The molecule has 2 fully saturated rings.